The van der Waals surface area contributed by atoms with E-state index in [-0.39, 0.29) is 0 Å². The van der Waals surface area contributed by atoms with Gasteiger partial charge in [0.05, 0.1) is 0 Å². The molecule has 14 heavy (non-hydrogen) atoms. The SMILES string of the molecule is C=[C]c1ccc(CCC)c(C2CC2)c1. The Balaban J connectivity index is 2.33. The standard InChI is InChI=1S/C14H17/c1-3-5-12-7-6-11(4-2)10-14(12)13-8-9-13/h6-7,10,13H,2-3,5,8-9H2,1H3. The second-order valence-electron chi connectivity index (χ2n) is 4.11. The van der Waals surface area contributed by atoms with E-state index >= 15 is 0 Å². The second kappa shape index (κ2) is 4.00. The van der Waals surface area contributed by atoms with Crippen molar-refractivity contribution in [1.29, 1.82) is 0 Å². The van der Waals surface area contributed by atoms with Crippen LogP contribution in [0.5, 0.6) is 0 Å². The van der Waals surface area contributed by atoms with Gasteiger partial charge < -0.3 is 0 Å². The molecule has 0 heteroatoms. The molecule has 0 atom stereocenters. The summed E-state index contributed by atoms with van der Waals surface area (Å²) < 4.78 is 0. The fourth-order valence-corrected chi connectivity index (χ4v) is 1.98. The molecule has 0 N–H and O–H groups in total. The van der Waals surface area contributed by atoms with E-state index < -0.39 is 0 Å². The Morgan fingerprint density at radius 3 is 2.79 bits per heavy atom. The zero-order chi connectivity index (χ0) is 9.97. The van der Waals surface area contributed by atoms with Crippen molar-refractivity contribution in [3.63, 3.8) is 0 Å². The van der Waals surface area contributed by atoms with Crippen LogP contribution in [0.4, 0.5) is 0 Å². The van der Waals surface area contributed by atoms with E-state index in [9.17, 15) is 0 Å². The van der Waals surface area contributed by atoms with E-state index in [1.807, 2.05) is 0 Å². The highest BCUT2D eigenvalue weighted by molar-refractivity contribution is 5.39. The van der Waals surface area contributed by atoms with Gasteiger partial charge in [0.25, 0.3) is 0 Å². The maximum Gasteiger partial charge on any atom is -0.0159 e. The molecule has 73 valence electrons. The van der Waals surface area contributed by atoms with Crippen LogP contribution in [0.1, 0.15) is 48.8 Å². The lowest BCUT2D eigenvalue weighted by molar-refractivity contribution is 0.896. The molecule has 2 rings (SSSR count). The van der Waals surface area contributed by atoms with Crippen molar-refractivity contribution in [3.8, 4) is 0 Å². The van der Waals surface area contributed by atoms with Crippen molar-refractivity contribution >= 4 is 0 Å². The molecule has 1 aromatic carbocycles. The van der Waals surface area contributed by atoms with Gasteiger partial charge >= 0.3 is 0 Å². The minimum atomic E-state index is 0.838. The van der Waals surface area contributed by atoms with Gasteiger partial charge in [-0.05, 0) is 47.9 Å². The van der Waals surface area contributed by atoms with E-state index in [4.69, 9.17) is 0 Å². The minimum absolute atomic E-state index is 0.838. The van der Waals surface area contributed by atoms with Crippen molar-refractivity contribution in [2.75, 3.05) is 0 Å². The highest BCUT2D eigenvalue weighted by Gasteiger charge is 2.25. The quantitative estimate of drug-likeness (QED) is 0.668. The molecule has 0 heterocycles. The highest BCUT2D eigenvalue weighted by atomic mass is 14.3. The van der Waals surface area contributed by atoms with Gasteiger partial charge in [-0.3, -0.25) is 0 Å². The summed E-state index contributed by atoms with van der Waals surface area (Å²) in [6.07, 6.45) is 8.16. The Bertz CT molecular complexity index is 332. The van der Waals surface area contributed by atoms with Crippen LogP contribution in [0, 0.1) is 6.08 Å². The summed E-state index contributed by atoms with van der Waals surface area (Å²) in [5.41, 5.74) is 4.24. The lowest BCUT2D eigenvalue weighted by atomic mass is 9.97. The van der Waals surface area contributed by atoms with Crippen LogP contribution < -0.4 is 0 Å². The lowest BCUT2D eigenvalue weighted by Crippen LogP contribution is -1.93. The van der Waals surface area contributed by atoms with Gasteiger partial charge in [0.15, 0.2) is 0 Å². The molecule has 1 fully saturated rings. The van der Waals surface area contributed by atoms with Gasteiger partial charge in [0.2, 0.25) is 0 Å². The van der Waals surface area contributed by atoms with E-state index in [0.717, 1.165) is 11.5 Å². The molecule has 0 aromatic heterocycles. The molecular formula is C14H17. The molecule has 1 radical (unpaired) electrons. The lowest BCUT2D eigenvalue weighted by Gasteiger charge is -2.08. The third-order valence-electron chi connectivity index (χ3n) is 2.89. The first-order valence-electron chi connectivity index (χ1n) is 5.51. The van der Waals surface area contributed by atoms with E-state index in [0.29, 0.717) is 0 Å². The maximum atomic E-state index is 3.70. The topological polar surface area (TPSA) is 0 Å². The molecule has 1 saturated carbocycles. The Morgan fingerprint density at radius 1 is 1.43 bits per heavy atom. The normalized spacial score (nSPS) is 15.5. The van der Waals surface area contributed by atoms with Crippen LogP contribution in [-0.4, -0.2) is 0 Å². The van der Waals surface area contributed by atoms with Crippen LogP contribution in [-0.2, 0) is 6.42 Å². The first-order valence-corrected chi connectivity index (χ1v) is 5.51. The monoisotopic (exact) mass is 185 g/mol. The summed E-state index contributed by atoms with van der Waals surface area (Å²) in [5, 5.41) is 0. The van der Waals surface area contributed by atoms with Gasteiger partial charge in [-0.1, -0.05) is 38.1 Å². The van der Waals surface area contributed by atoms with Crippen LogP contribution >= 0.6 is 0 Å². The fourth-order valence-electron chi connectivity index (χ4n) is 1.98. The molecule has 1 aliphatic carbocycles. The third kappa shape index (κ3) is 1.89. The predicted octanol–water partition coefficient (Wildman–Crippen LogP) is 3.85. The number of rotatable bonds is 4. The first kappa shape index (κ1) is 9.51. The number of hydrogen-bond donors (Lipinski definition) is 0. The number of aryl methyl sites for hydroxylation is 1. The average molecular weight is 185 g/mol. The molecule has 0 spiro atoms. The summed E-state index contributed by atoms with van der Waals surface area (Å²) in [4.78, 5) is 0. The Labute approximate surface area is 86.7 Å². The fraction of sp³-hybridized carbons (Fsp3) is 0.429. The van der Waals surface area contributed by atoms with Gasteiger partial charge in [-0.15, -0.1) is 0 Å². The van der Waals surface area contributed by atoms with Crippen LogP contribution in [0.3, 0.4) is 0 Å². The van der Waals surface area contributed by atoms with Crippen molar-refractivity contribution in [1.82, 2.24) is 0 Å². The van der Waals surface area contributed by atoms with Crippen LogP contribution in [0.25, 0.3) is 0 Å². The van der Waals surface area contributed by atoms with Crippen molar-refractivity contribution < 1.29 is 0 Å². The Morgan fingerprint density at radius 2 is 2.21 bits per heavy atom. The van der Waals surface area contributed by atoms with Gasteiger partial charge in [-0.2, -0.15) is 0 Å². The smallest absolute Gasteiger partial charge is 0.0159 e. The van der Waals surface area contributed by atoms with Gasteiger partial charge in [0, 0.05) is 0 Å². The zero-order valence-corrected chi connectivity index (χ0v) is 8.84. The van der Waals surface area contributed by atoms with E-state index in [1.54, 1.807) is 5.56 Å². The Hall–Kier alpha value is -1.04. The molecule has 0 bridgehead atoms. The third-order valence-corrected chi connectivity index (χ3v) is 2.89. The zero-order valence-electron chi connectivity index (χ0n) is 8.84. The largest absolute Gasteiger partial charge is 0.0906 e. The number of benzene rings is 1. The molecule has 1 aromatic rings. The summed E-state index contributed by atoms with van der Waals surface area (Å²) in [6, 6.07) is 6.66. The Kier molecular flexibility index (Phi) is 2.72. The highest BCUT2D eigenvalue weighted by Crippen LogP contribution is 2.42. The summed E-state index contributed by atoms with van der Waals surface area (Å²) >= 11 is 0. The van der Waals surface area contributed by atoms with Gasteiger partial charge in [-0.25, -0.2) is 0 Å². The van der Waals surface area contributed by atoms with Crippen molar-refractivity contribution in [2.24, 2.45) is 0 Å². The molecular weight excluding hydrogens is 168 g/mol. The minimum Gasteiger partial charge on any atom is -0.0906 e. The van der Waals surface area contributed by atoms with Crippen LogP contribution in [0.2, 0.25) is 0 Å². The maximum absolute atomic E-state index is 3.70. The van der Waals surface area contributed by atoms with E-state index in [2.05, 4.69) is 37.8 Å². The summed E-state index contributed by atoms with van der Waals surface area (Å²) in [6.45, 7) is 5.94. The summed E-state index contributed by atoms with van der Waals surface area (Å²) in [5.74, 6) is 0.838. The summed E-state index contributed by atoms with van der Waals surface area (Å²) in [7, 11) is 0. The van der Waals surface area contributed by atoms with E-state index in [1.165, 1.54) is 31.2 Å². The second-order valence-corrected chi connectivity index (χ2v) is 4.11. The first-order chi connectivity index (χ1) is 6.85. The number of hydrogen-bond acceptors (Lipinski definition) is 0. The molecule has 1 aliphatic rings. The predicted molar refractivity (Wildman–Crippen MR) is 60.4 cm³/mol. The molecule has 0 nitrogen and oxygen atoms in total. The molecule has 0 aliphatic heterocycles. The van der Waals surface area contributed by atoms with Crippen LogP contribution in [0.15, 0.2) is 24.8 Å². The van der Waals surface area contributed by atoms with Gasteiger partial charge in [0.1, 0.15) is 0 Å². The molecule has 0 saturated heterocycles. The average Bonchev–Trinajstić information content (AvgIpc) is 3.02. The molecule has 0 amide bonds. The molecule has 0 unspecified atom stereocenters. The van der Waals surface area contributed by atoms with Crippen molar-refractivity contribution in [3.05, 3.63) is 47.5 Å². The van der Waals surface area contributed by atoms with Crippen molar-refractivity contribution in [2.45, 2.75) is 38.5 Å².